The average Bonchev–Trinajstić information content (AvgIpc) is 2.30. The van der Waals surface area contributed by atoms with Gasteiger partial charge < -0.3 is 4.90 Å². The lowest BCUT2D eigenvalue weighted by Crippen LogP contribution is -2.41. The van der Waals surface area contributed by atoms with Gasteiger partial charge in [-0.2, -0.15) is 0 Å². The van der Waals surface area contributed by atoms with Crippen molar-refractivity contribution in [3.05, 3.63) is 33.9 Å². The first-order valence-corrected chi connectivity index (χ1v) is 5.66. The van der Waals surface area contributed by atoms with Crippen LogP contribution < -0.4 is 11.3 Å². The Kier molecular flexibility index (Phi) is 4.12. The molecule has 94 valence electrons. The number of hydrogen-bond acceptors (Lipinski definition) is 2. The van der Waals surface area contributed by atoms with E-state index in [1.165, 1.54) is 27.8 Å². The number of carbonyl (C=O) groups is 1. The van der Waals surface area contributed by atoms with Gasteiger partial charge in [0.15, 0.2) is 0 Å². The third kappa shape index (κ3) is 2.77. The van der Waals surface area contributed by atoms with Crippen molar-refractivity contribution in [3.8, 4) is 0 Å². The SMILES string of the molecule is Cc1cc(C)c(C)c(CN(C)C(=O)NN)c1C. The summed E-state index contributed by atoms with van der Waals surface area (Å²) in [6.45, 7) is 8.93. The van der Waals surface area contributed by atoms with E-state index in [1.54, 1.807) is 11.9 Å². The summed E-state index contributed by atoms with van der Waals surface area (Å²) in [7, 11) is 1.73. The van der Waals surface area contributed by atoms with Crippen molar-refractivity contribution < 1.29 is 4.79 Å². The average molecular weight is 235 g/mol. The molecule has 0 aliphatic heterocycles. The minimum atomic E-state index is -0.275. The lowest BCUT2D eigenvalue weighted by Gasteiger charge is -2.21. The van der Waals surface area contributed by atoms with Crippen LogP contribution in [0.1, 0.15) is 27.8 Å². The molecule has 4 heteroatoms. The van der Waals surface area contributed by atoms with Gasteiger partial charge in [0.1, 0.15) is 0 Å². The van der Waals surface area contributed by atoms with E-state index in [-0.39, 0.29) is 6.03 Å². The van der Waals surface area contributed by atoms with Crippen molar-refractivity contribution in [2.75, 3.05) is 7.05 Å². The van der Waals surface area contributed by atoms with Crippen LogP contribution in [0.2, 0.25) is 0 Å². The minimum absolute atomic E-state index is 0.275. The Balaban J connectivity index is 3.10. The molecule has 0 aliphatic carbocycles. The normalized spacial score (nSPS) is 10.2. The van der Waals surface area contributed by atoms with Crippen LogP contribution in [0.4, 0.5) is 4.79 Å². The van der Waals surface area contributed by atoms with Gasteiger partial charge >= 0.3 is 6.03 Å². The second-order valence-corrected chi connectivity index (χ2v) is 4.54. The molecule has 0 bridgehead atoms. The van der Waals surface area contributed by atoms with Crippen LogP contribution in [-0.2, 0) is 6.54 Å². The first-order chi connectivity index (χ1) is 7.88. The molecule has 1 aromatic rings. The van der Waals surface area contributed by atoms with Gasteiger partial charge in [-0.1, -0.05) is 6.07 Å². The van der Waals surface area contributed by atoms with Crippen LogP contribution in [-0.4, -0.2) is 18.0 Å². The highest BCUT2D eigenvalue weighted by Gasteiger charge is 2.13. The first kappa shape index (κ1) is 13.5. The molecular formula is C13H21N3O. The smallest absolute Gasteiger partial charge is 0.322 e. The maximum absolute atomic E-state index is 11.4. The van der Waals surface area contributed by atoms with Crippen LogP contribution in [0.25, 0.3) is 0 Å². The number of amides is 2. The first-order valence-electron chi connectivity index (χ1n) is 5.66. The number of aryl methyl sites for hydroxylation is 2. The highest BCUT2D eigenvalue weighted by Crippen LogP contribution is 2.22. The standard InChI is InChI=1S/C13H21N3O/c1-8-6-9(2)11(4)12(10(8)3)7-16(5)13(17)15-14/h6H,7,14H2,1-5H3,(H,15,17). The minimum Gasteiger partial charge on any atom is -0.322 e. The van der Waals surface area contributed by atoms with Gasteiger partial charge in [0.2, 0.25) is 0 Å². The monoisotopic (exact) mass is 235 g/mol. The van der Waals surface area contributed by atoms with Gasteiger partial charge in [-0.25, -0.2) is 10.6 Å². The van der Waals surface area contributed by atoms with Gasteiger partial charge in [0.05, 0.1) is 0 Å². The summed E-state index contributed by atoms with van der Waals surface area (Å²) in [6, 6.07) is 1.90. The molecule has 0 radical (unpaired) electrons. The summed E-state index contributed by atoms with van der Waals surface area (Å²) >= 11 is 0. The van der Waals surface area contributed by atoms with Crippen LogP contribution in [0.5, 0.6) is 0 Å². The number of urea groups is 1. The van der Waals surface area contributed by atoms with E-state index < -0.39 is 0 Å². The second-order valence-electron chi connectivity index (χ2n) is 4.54. The van der Waals surface area contributed by atoms with E-state index in [9.17, 15) is 4.79 Å². The molecule has 3 N–H and O–H groups in total. The molecule has 17 heavy (non-hydrogen) atoms. The maximum atomic E-state index is 11.4. The fourth-order valence-corrected chi connectivity index (χ4v) is 1.95. The Morgan fingerprint density at radius 3 is 2.12 bits per heavy atom. The predicted molar refractivity (Wildman–Crippen MR) is 69.6 cm³/mol. The summed E-state index contributed by atoms with van der Waals surface area (Å²) in [5.41, 5.74) is 8.33. The van der Waals surface area contributed by atoms with Crippen LogP contribution in [0.3, 0.4) is 0 Å². The summed E-state index contributed by atoms with van der Waals surface area (Å²) in [5.74, 6) is 5.12. The van der Waals surface area contributed by atoms with Crippen molar-refractivity contribution in [2.24, 2.45) is 5.84 Å². The van der Waals surface area contributed by atoms with Gasteiger partial charge in [-0.3, -0.25) is 5.43 Å². The van der Waals surface area contributed by atoms with E-state index in [0.29, 0.717) is 6.54 Å². The van der Waals surface area contributed by atoms with Crippen molar-refractivity contribution in [3.63, 3.8) is 0 Å². The molecule has 0 heterocycles. The molecule has 1 aromatic carbocycles. The lowest BCUT2D eigenvalue weighted by atomic mass is 9.94. The fourth-order valence-electron chi connectivity index (χ4n) is 1.95. The van der Waals surface area contributed by atoms with Crippen molar-refractivity contribution in [2.45, 2.75) is 34.2 Å². The Bertz CT molecular complexity index is 415. The number of hydrazine groups is 1. The number of rotatable bonds is 2. The molecular weight excluding hydrogens is 214 g/mol. The third-order valence-electron chi connectivity index (χ3n) is 3.39. The van der Waals surface area contributed by atoms with Gasteiger partial charge in [-0.05, 0) is 55.5 Å². The van der Waals surface area contributed by atoms with Crippen molar-refractivity contribution in [1.29, 1.82) is 0 Å². The summed E-state index contributed by atoms with van der Waals surface area (Å²) in [5, 5.41) is 0. The lowest BCUT2D eigenvalue weighted by molar-refractivity contribution is 0.207. The Morgan fingerprint density at radius 2 is 1.71 bits per heavy atom. The molecule has 0 saturated carbocycles. The van der Waals surface area contributed by atoms with E-state index in [2.05, 4.69) is 39.2 Å². The summed E-state index contributed by atoms with van der Waals surface area (Å²) in [4.78, 5) is 13.0. The number of nitrogens with one attached hydrogen (secondary N) is 1. The van der Waals surface area contributed by atoms with Gasteiger partial charge in [-0.15, -0.1) is 0 Å². The predicted octanol–water partition coefficient (Wildman–Crippen LogP) is 1.94. The Labute approximate surface area is 103 Å². The molecule has 0 spiro atoms. The zero-order valence-corrected chi connectivity index (χ0v) is 11.2. The van der Waals surface area contributed by atoms with E-state index in [4.69, 9.17) is 5.84 Å². The quantitative estimate of drug-likeness (QED) is 0.467. The van der Waals surface area contributed by atoms with Gasteiger partial charge in [0.25, 0.3) is 0 Å². The molecule has 0 fully saturated rings. The summed E-state index contributed by atoms with van der Waals surface area (Å²) < 4.78 is 0. The molecule has 0 atom stereocenters. The topological polar surface area (TPSA) is 58.4 Å². The van der Waals surface area contributed by atoms with E-state index in [0.717, 1.165) is 0 Å². The number of benzene rings is 1. The van der Waals surface area contributed by atoms with Crippen LogP contribution >= 0.6 is 0 Å². The maximum Gasteiger partial charge on any atom is 0.331 e. The molecule has 2 amide bonds. The van der Waals surface area contributed by atoms with Crippen molar-refractivity contribution >= 4 is 6.03 Å². The molecule has 0 aliphatic rings. The molecule has 0 unspecified atom stereocenters. The van der Waals surface area contributed by atoms with Crippen LogP contribution in [0, 0.1) is 27.7 Å². The van der Waals surface area contributed by atoms with E-state index in [1.807, 2.05) is 0 Å². The molecule has 1 rings (SSSR count). The largest absolute Gasteiger partial charge is 0.331 e. The summed E-state index contributed by atoms with van der Waals surface area (Å²) in [6.07, 6.45) is 0. The van der Waals surface area contributed by atoms with Crippen LogP contribution in [0.15, 0.2) is 6.07 Å². The zero-order chi connectivity index (χ0) is 13.2. The highest BCUT2D eigenvalue weighted by atomic mass is 16.2. The molecule has 0 saturated heterocycles. The van der Waals surface area contributed by atoms with E-state index >= 15 is 0 Å². The molecule has 0 aromatic heterocycles. The number of nitrogens with zero attached hydrogens (tertiary/aromatic N) is 1. The third-order valence-corrected chi connectivity index (χ3v) is 3.39. The number of carbonyl (C=O) groups excluding carboxylic acids is 1. The van der Waals surface area contributed by atoms with Gasteiger partial charge in [0, 0.05) is 13.6 Å². The number of nitrogens with two attached hydrogens (primary N) is 1. The second kappa shape index (κ2) is 5.19. The Morgan fingerprint density at radius 1 is 1.24 bits per heavy atom. The fraction of sp³-hybridized carbons (Fsp3) is 0.462. The molecule has 4 nitrogen and oxygen atoms in total. The Hall–Kier alpha value is -1.55. The highest BCUT2D eigenvalue weighted by molar-refractivity contribution is 5.73. The van der Waals surface area contributed by atoms with Crippen molar-refractivity contribution in [1.82, 2.24) is 10.3 Å². The zero-order valence-electron chi connectivity index (χ0n) is 11.2. The number of hydrogen-bond donors (Lipinski definition) is 2.